The molecule has 1 aromatic carbocycles. The normalized spacial score (nSPS) is 18.4. The second kappa shape index (κ2) is 7.08. The van der Waals surface area contributed by atoms with Crippen LogP contribution in [-0.2, 0) is 9.53 Å². The SMILES string of the molecule is CCNC(=O)C1COCCN1C(=O)c1cc(I)ccc1O. The Bertz CT molecular complexity index is 550. The molecule has 2 rings (SSSR count). The maximum absolute atomic E-state index is 12.6. The van der Waals surface area contributed by atoms with Crippen molar-refractivity contribution in [1.82, 2.24) is 10.2 Å². The van der Waals surface area contributed by atoms with Gasteiger partial charge in [0.05, 0.1) is 18.8 Å². The Morgan fingerprint density at radius 2 is 2.29 bits per heavy atom. The van der Waals surface area contributed by atoms with Crippen molar-refractivity contribution in [2.24, 2.45) is 0 Å². The fourth-order valence-corrected chi connectivity index (χ4v) is 2.68. The molecular formula is C14H17IN2O4. The summed E-state index contributed by atoms with van der Waals surface area (Å²) < 4.78 is 6.15. The number of carbonyl (C=O) groups excluding carboxylic acids is 2. The van der Waals surface area contributed by atoms with Gasteiger partial charge in [-0.05, 0) is 47.7 Å². The maximum atomic E-state index is 12.6. The van der Waals surface area contributed by atoms with Gasteiger partial charge in [0, 0.05) is 16.7 Å². The van der Waals surface area contributed by atoms with Crippen LogP contribution in [0.5, 0.6) is 5.75 Å². The molecule has 0 spiro atoms. The number of phenols is 1. The van der Waals surface area contributed by atoms with Gasteiger partial charge < -0.3 is 20.1 Å². The van der Waals surface area contributed by atoms with Gasteiger partial charge in [-0.25, -0.2) is 0 Å². The molecule has 1 heterocycles. The van der Waals surface area contributed by atoms with Crippen molar-refractivity contribution < 1.29 is 19.4 Å². The van der Waals surface area contributed by atoms with Gasteiger partial charge in [-0.1, -0.05) is 0 Å². The lowest BCUT2D eigenvalue weighted by molar-refractivity contribution is -0.130. The number of amides is 2. The van der Waals surface area contributed by atoms with E-state index in [2.05, 4.69) is 27.9 Å². The summed E-state index contributed by atoms with van der Waals surface area (Å²) in [5.74, 6) is -0.678. The quantitative estimate of drug-likeness (QED) is 0.737. The second-order valence-corrected chi connectivity index (χ2v) is 5.89. The minimum Gasteiger partial charge on any atom is -0.507 e. The Hall–Kier alpha value is -1.35. The Labute approximate surface area is 136 Å². The van der Waals surface area contributed by atoms with Crippen LogP contribution < -0.4 is 5.32 Å². The molecule has 1 saturated heterocycles. The zero-order valence-corrected chi connectivity index (χ0v) is 13.8. The molecule has 0 aliphatic carbocycles. The van der Waals surface area contributed by atoms with Crippen LogP contribution in [0.4, 0.5) is 0 Å². The third-order valence-corrected chi connectivity index (χ3v) is 3.90. The molecule has 2 amide bonds. The van der Waals surface area contributed by atoms with Crippen molar-refractivity contribution >= 4 is 34.4 Å². The van der Waals surface area contributed by atoms with Crippen molar-refractivity contribution in [3.05, 3.63) is 27.3 Å². The van der Waals surface area contributed by atoms with Crippen molar-refractivity contribution in [1.29, 1.82) is 0 Å². The molecule has 6 nitrogen and oxygen atoms in total. The first-order chi connectivity index (χ1) is 10.0. The van der Waals surface area contributed by atoms with Crippen LogP contribution in [0.25, 0.3) is 0 Å². The lowest BCUT2D eigenvalue weighted by atomic mass is 10.1. The van der Waals surface area contributed by atoms with E-state index in [4.69, 9.17) is 4.74 Å². The molecule has 1 unspecified atom stereocenters. The lowest BCUT2D eigenvalue weighted by Crippen LogP contribution is -2.55. The Kier molecular flexibility index (Phi) is 5.40. The molecular weight excluding hydrogens is 387 g/mol. The van der Waals surface area contributed by atoms with Gasteiger partial charge in [-0.15, -0.1) is 0 Å². The molecule has 0 saturated carbocycles. The van der Waals surface area contributed by atoms with Crippen molar-refractivity contribution in [3.8, 4) is 5.75 Å². The number of benzene rings is 1. The van der Waals surface area contributed by atoms with Crippen LogP contribution in [0.1, 0.15) is 17.3 Å². The number of ether oxygens (including phenoxy) is 1. The molecule has 1 atom stereocenters. The van der Waals surface area contributed by atoms with Crippen LogP contribution in [-0.4, -0.2) is 54.2 Å². The monoisotopic (exact) mass is 404 g/mol. The van der Waals surface area contributed by atoms with Crippen LogP contribution in [0.15, 0.2) is 18.2 Å². The van der Waals surface area contributed by atoms with E-state index in [9.17, 15) is 14.7 Å². The van der Waals surface area contributed by atoms with E-state index in [0.29, 0.717) is 19.7 Å². The molecule has 0 radical (unpaired) electrons. The Morgan fingerprint density at radius 1 is 1.52 bits per heavy atom. The van der Waals surface area contributed by atoms with Crippen LogP contribution in [0.2, 0.25) is 0 Å². The zero-order chi connectivity index (χ0) is 15.4. The third-order valence-electron chi connectivity index (χ3n) is 3.23. The number of likely N-dealkylation sites (N-methyl/N-ethyl adjacent to an activating group) is 1. The zero-order valence-electron chi connectivity index (χ0n) is 11.6. The largest absolute Gasteiger partial charge is 0.507 e. The van der Waals surface area contributed by atoms with Crippen LogP contribution >= 0.6 is 22.6 Å². The average molecular weight is 404 g/mol. The molecule has 114 valence electrons. The van der Waals surface area contributed by atoms with Gasteiger partial charge in [0.15, 0.2) is 0 Å². The molecule has 1 aliphatic heterocycles. The second-order valence-electron chi connectivity index (χ2n) is 4.65. The van der Waals surface area contributed by atoms with E-state index in [-0.39, 0.29) is 29.7 Å². The minimum absolute atomic E-state index is 0.0819. The standard InChI is InChI=1S/C14H17IN2O4/c1-2-16-13(19)11-8-21-6-5-17(11)14(20)10-7-9(15)3-4-12(10)18/h3-4,7,11,18H,2,5-6,8H2,1H3,(H,16,19). The summed E-state index contributed by atoms with van der Waals surface area (Å²) in [6.07, 6.45) is 0. The highest BCUT2D eigenvalue weighted by atomic mass is 127. The number of carbonyl (C=O) groups is 2. The fraction of sp³-hybridized carbons (Fsp3) is 0.429. The molecule has 0 bridgehead atoms. The summed E-state index contributed by atoms with van der Waals surface area (Å²) >= 11 is 2.07. The number of nitrogens with one attached hydrogen (secondary N) is 1. The molecule has 2 N–H and O–H groups in total. The lowest BCUT2D eigenvalue weighted by Gasteiger charge is -2.34. The van der Waals surface area contributed by atoms with E-state index in [1.807, 2.05) is 6.92 Å². The van der Waals surface area contributed by atoms with E-state index >= 15 is 0 Å². The fourth-order valence-electron chi connectivity index (χ4n) is 2.19. The number of phenolic OH excluding ortho intramolecular Hbond substituents is 1. The van der Waals surface area contributed by atoms with Gasteiger partial charge in [-0.3, -0.25) is 9.59 Å². The Morgan fingerprint density at radius 3 is 3.00 bits per heavy atom. The van der Waals surface area contributed by atoms with Crippen LogP contribution in [0, 0.1) is 3.57 Å². The van der Waals surface area contributed by atoms with Crippen molar-refractivity contribution in [2.75, 3.05) is 26.3 Å². The number of hydrogen-bond acceptors (Lipinski definition) is 4. The molecule has 21 heavy (non-hydrogen) atoms. The first kappa shape index (κ1) is 16.0. The molecule has 1 fully saturated rings. The minimum atomic E-state index is -0.663. The van der Waals surface area contributed by atoms with E-state index in [1.54, 1.807) is 12.1 Å². The summed E-state index contributed by atoms with van der Waals surface area (Å²) in [5, 5.41) is 12.6. The highest BCUT2D eigenvalue weighted by Gasteiger charge is 2.34. The third kappa shape index (κ3) is 3.65. The first-order valence-corrected chi connectivity index (χ1v) is 7.77. The molecule has 7 heteroatoms. The number of nitrogens with zero attached hydrogens (tertiary/aromatic N) is 1. The molecule has 0 aromatic heterocycles. The summed E-state index contributed by atoms with van der Waals surface area (Å²) in [4.78, 5) is 26.1. The predicted octanol–water partition coefficient (Wildman–Crippen LogP) is 0.974. The highest BCUT2D eigenvalue weighted by Crippen LogP contribution is 2.23. The van der Waals surface area contributed by atoms with Gasteiger partial charge in [-0.2, -0.15) is 0 Å². The summed E-state index contributed by atoms with van der Waals surface area (Å²) in [6.45, 7) is 3.19. The predicted molar refractivity (Wildman–Crippen MR) is 85.2 cm³/mol. The Balaban J connectivity index is 2.26. The smallest absolute Gasteiger partial charge is 0.258 e. The highest BCUT2D eigenvalue weighted by molar-refractivity contribution is 14.1. The molecule has 1 aliphatic rings. The number of rotatable bonds is 3. The van der Waals surface area contributed by atoms with Gasteiger partial charge in [0.25, 0.3) is 5.91 Å². The number of hydrogen-bond donors (Lipinski definition) is 2. The summed E-state index contributed by atoms with van der Waals surface area (Å²) in [7, 11) is 0. The first-order valence-electron chi connectivity index (χ1n) is 6.69. The van der Waals surface area contributed by atoms with Gasteiger partial charge in [0.1, 0.15) is 11.8 Å². The number of aromatic hydroxyl groups is 1. The van der Waals surface area contributed by atoms with Gasteiger partial charge in [0.2, 0.25) is 5.91 Å². The van der Waals surface area contributed by atoms with Crippen molar-refractivity contribution in [2.45, 2.75) is 13.0 Å². The van der Waals surface area contributed by atoms with E-state index < -0.39 is 6.04 Å². The van der Waals surface area contributed by atoms with Crippen molar-refractivity contribution in [3.63, 3.8) is 0 Å². The van der Waals surface area contributed by atoms with Crippen LogP contribution in [0.3, 0.4) is 0 Å². The van der Waals surface area contributed by atoms with E-state index in [0.717, 1.165) is 3.57 Å². The summed E-state index contributed by atoms with van der Waals surface area (Å²) in [6, 6.07) is 4.15. The summed E-state index contributed by atoms with van der Waals surface area (Å²) in [5.41, 5.74) is 0.207. The van der Waals surface area contributed by atoms with Gasteiger partial charge >= 0.3 is 0 Å². The maximum Gasteiger partial charge on any atom is 0.258 e. The molecule has 1 aromatic rings. The van der Waals surface area contributed by atoms with E-state index in [1.165, 1.54) is 11.0 Å². The topological polar surface area (TPSA) is 78.9 Å². The average Bonchev–Trinajstić information content (AvgIpc) is 2.49. The number of halogens is 1. The number of morpholine rings is 1.